The molecule has 0 aliphatic rings. The van der Waals surface area contributed by atoms with Crippen molar-refractivity contribution in [3.63, 3.8) is 0 Å². The van der Waals surface area contributed by atoms with E-state index in [1.54, 1.807) is 0 Å². The number of nitrogens with one attached hydrogen (secondary N) is 1. The number of nitrogens with zero attached hydrogens (tertiary/aromatic N) is 1. The maximum absolute atomic E-state index is 12.8. The third-order valence-corrected chi connectivity index (χ3v) is 3.97. The number of benzene rings is 1. The fourth-order valence-electron chi connectivity index (χ4n) is 2.44. The van der Waals surface area contributed by atoms with E-state index < -0.39 is 0 Å². The Morgan fingerprint density at radius 2 is 2.00 bits per heavy atom. The maximum atomic E-state index is 12.8. The Kier molecular flexibility index (Phi) is 7.27. The summed E-state index contributed by atoms with van der Waals surface area (Å²) in [5.41, 5.74) is 2.95. The van der Waals surface area contributed by atoms with Gasteiger partial charge in [0.05, 0.1) is 0 Å². The Balaban J connectivity index is 2.97. The van der Waals surface area contributed by atoms with Crippen molar-refractivity contribution >= 4 is 11.6 Å². The van der Waals surface area contributed by atoms with Crippen LogP contribution >= 0.6 is 0 Å². The number of amides is 1. The number of anilines is 1. The van der Waals surface area contributed by atoms with Crippen LogP contribution in [0.4, 0.5) is 5.69 Å². The van der Waals surface area contributed by atoms with Crippen LogP contribution in [0, 0.1) is 6.92 Å². The maximum Gasteiger partial charge on any atom is 0.254 e. The van der Waals surface area contributed by atoms with E-state index in [-0.39, 0.29) is 11.9 Å². The molecule has 118 valence electrons. The lowest BCUT2D eigenvalue weighted by Gasteiger charge is -2.29. The first-order valence-corrected chi connectivity index (χ1v) is 8.20. The van der Waals surface area contributed by atoms with Crippen molar-refractivity contribution < 1.29 is 4.79 Å². The minimum Gasteiger partial charge on any atom is -0.385 e. The van der Waals surface area contributed by atoms with Gasteiger partial charge in [-0.15, -0.1) is 0 Å². The van der Waals surface area contributed by atoms with E-state index in [2.05, 4.69) is 39.1 Å². The quantitative estimate of drug-likeness (QED) is 0.766. The Bertz CT molecular complexity index is 457. The third-order valence-electron chi connectivity index (χ3n) is 3.97. The van der Waals surface area contributed by atoms with Crippen LogP contribution in [0.3, 0.4) is 0 Å². The molecule has 21 heavy (non-hydrogen) atoms. The van der Waals surface area contributed by atoms with Crippen molar-refractivity contribution in [2.75, 3.05) is 18.4 Å². The largest absolute Gasteiger partial charge is 0.385 e. The normalized spacial score (nSPS) is 12.0. The number of carbonyl (C=O) groups is 1. The molecule has 0 saturated carbocycles. The van der Waals surface area contributed by atoms with Gasteiger partial charge in [-0.3, -0.25) is 4.79 Å². The van der Waals surface area contributed by atoms with E-state index in [1.807, 2.05) is 24.0 Å². The molecule has 3 nitrogen and oxygen atoms in total. The topological polar surface area (TPSA) is 32.3 Å². The van der Waals surface area contributed by atoms with Gasteiger partial charge in [0.1, 0.15) is 0 Å². The molecule has 0 heterocycles. The summed E-state index contributed by atoms with van der Waals surface area (Å²) in [4.78, 5) is 14.9. The molecule has 0 fully saturated rings. The van der Waals surface area contributed by atoms with Crippen molar-refractivity contribution in [2.45, 2.75) is 59.9 Å². The van der Waals surface area contributed by atoms with Gasteiger partial charge in [-0.2, -0.15) is 0 Å². The Morgan fingerprint density at radius 1 is 1.29 bits per heavy atom. The van der Waals surface area contributed by atoms with Crippen molar-refractivity contribution in [3.05, 3.63) is 29.3 Å². The molecular weight excluding hydrogens is 260 g/mol. The highest BCUT2D eigenvalue weighted by Crippen LogP contribution is 2.19. The predicted molar refractivity (Wildman–Crippen MR) is 91.0 cm³/mol. The molecule has 1 atom stereocenters. The Hall–Kier alpha value is -1.51. The number of aryl methyl sites for hydroxylation is 1. The molecule has 0 spiro atoms. The van der Waals surface area contributed by atoms with E-state index in [4.69, 9.17) is 0 Å². The molecule has 0 bridgehead atoms. The summed E-state index contributed by atoms with van der Waals surface area (Å²) in [6, 6.07) is 6.30. The summed E-state index contributed by atoms with van der Waals surface area (Å²) in [7, 11) is 0. The lowest BCUT2D eigenvalue weighted by Crippen LogP contribution is -2.39. The van der Waals surface area contributed by atoms with Crippen LogP contribution in [0.1, 0.15) is 62.9 Å². The third kappa shape index (κ3) is 4.76. The molecule has 1 amide bonds. The van der Waals surface area contributed by atoms with Gasteiger partial charge in [-0.1, -0.05) is 20.3 Å². The molecule has 0 aromatic heterocycles. The summed E-state index contributed by atoms with van der Waals surface area (Å²) in [6.45, 7) is 12.3. The average molecular weight is 290 g/mol. The number of hydrogen-bond donors (Lipinski definition) is 1. The fourth-order valence-corrected chi connectivity index (χ4v) is 2.44. The highest BCUT2D eigenvalue weighted by molar-refractivity contribution is 5.96. The van der Waals surface area contributed by atoms with Gasteiger partial charge in [0.15, 0.2) is 0 Å². The number of unbranched alkanes of at least 4 members (excludes halogenated alkanes) is 1. The van der Waals surface area contributed by atoms with Gasteiger partial charge in [-0.05, 0) is 57.4 Å². The molecule has 1 N–H and O–H groups in total. The molecule has 0 aliphatic heterocycles. The van der Waals surface area contributed by atoms with Gasteiger partial charge >= 0.3 is 0 Å². The summed E-state index contributed by atoms with van der Waals surface area (Å²) in [5.74, 6) is 0.165. The van der Waals surface area contributed by atoms with Gasteiger partial charge in [0, 0.05) is 30.4 Å². The second-order valence-electron chi connectivity index (χ2n) is 5.67. The van der Waals surface area contributed by atoms with E-state index in [0.717, 1.165) is 49.2 Å². The van der Waals surface area contributed by atoms with Crippen molar-refractivity contribution in [3.8, 4) is 0 Å². The molecule has 1 aromatic rings. The Morgan fingerprint density at radius 3 is 2.52 bits per heavy atom. The zero-order chi connectivity index (χ0) is 15.8. The summed E-state index contributed by atoms with van der Waals surface area (Å²) < 4.78 is 0. The predicted octanol–water partition coefficient (Wildman–Crippen LogP) is 4.47. The van der Waals surface area contributed by atoms with Crippen LogP contribution in [0.25, 0.3) is 0 Å². The second kappa shape index (κ2) is 8.71. The standard InChI is InChI=1S/C18H30N2O/c1-6-9-12-20(15(5)7-2)18(21)17-11-10-16(19-8-3)13-14(17)4/h10-11,13,15,19H,6-9,12H2,1-5H3. The van der Waals surface area contributed by atoms with Gasteiger partial charge in [0.25, 0.3) is 5.91 Å². The summed E-state index contributed by atoms with van der Waals surface area (Å²) >= 11 is 0. The minimum atomic E-state index is 0.165. The van der Waals surface area contributed by atoms with Gasteiger partial charge in [0.2, 0.25) is 0 Å². The second-order valence-corrected chi connectivity index (χ2v) is 5.67. The van der Waals surface area contributed by atoms with E-state index in [9.17, 15) is 4.79 Å². The van der Waals surface area contributed by atoms with Crippen LogP contribution in [-0.2, 0) is 0 Å². The first kappa shape index (κ1) is 17.5. The minimum absolute atomic E-state index is 0.165. The van der Waals surface area contributed by atoms with E-state index in [1.165, 1.54) is 0 Å². The lowest BCUT2D eigenvalue weighted by molar-refractivity contribution is 0.0684. The van der Waals surface area contributed by atoms with E-state index >= 15 is 0 Å². The molecular formula is C18H30N2O. The SMILES string of the molecule is CCCCN(C(=O)c1ccc(NCC)cc1C)C(C)CC. The van der Waals surface area contributed by atoms with Crippen LogP contribution in [0.15, 0.2) is 18.2 Å². The number of hydrogen-bond acceptors (Lipinski definition) is 2. The number of rotatable bonds is 8. The van der Waals surface area contributed by atoms with Crippen LogP contribution < -0.4 is 5.32 Å². The molecule has 1 unspecified atom stereocenters. The fraction of sp³-hybridized carbons (Fsp3) is 0.611. The molecule has 1 rings (SSSR count). The Labute approximate surface area is 129 Å². The van der Waals surface area contributed by atoms with Crippen molar-refractivity contribution in [2.24, 2.45) is 0 Å². The zero-order valence-electron chi connectivity index (χ0n) is 14.2. The van der Waals surface area contributed by atoms with Crippen LogP contribution in [0.5, 0.6) is 0 Å². The summed E-state index contributed by atoms with van der Waals surface area (Å²) in [6.07, 6.45) is 3.16. The first-order chi connectivity index (χ1) is 10.0. The van der Waals surface area contributed by atoms with Gasteiger partial charge in [-0.25, -0.2) is 0 Å². The molecule has 0 aliphatic carbocycles. The molecule has 0 saturated heterocycles. The van der Waals surface area contributed by atoms with Gasteiger partial charge < -0.3 is 10.2 Å². The van der Waals surface area contributed by atoms with Crippen molar-refractivity contribution in [1.29, 1.82) is 0 Å². The van der Waals surface area contributed by atoms with Crippen molar-refractivity contribution in [1.82, 2.24) is 4.90 Å². The smallest absolute Gasteiger partial charge is 0.254 e. The number of carbonyl (C=O) groups excluding carboxylic acids is 1. The highest BCUT2D eigenvalue weighted by atomic mass is 16.2. The van der Waals surface area contributed by atoms with E-state index in [0.29, 0.717) is 0 Å². The average Bonchev–Trinajstić information content (AvgIpc) is 2.47. The lowest BCUT2D eigenvalue weighted by atomic mass is 10.0. The molecule has 1 aromatic carbocycles. The van der Waals surface area contributed by atoms with Crippen LogP contribution in [-0.4, -0.2) is 29.9 Å². The summed E-state index contributed by atoms with van der Waals surface area (Å²) in [5, 5.41) is 3.29. The molecule has 3 heteroatoms. The van der Waals surface area contributed by atoms with Crippen LogP contribution in [0.2, 0.25) is 0 Å². The zero-order valence-corrected chi connectivity index (χ0v) is 14.2. The highest BCUT2D eigenvalue weighted by Gasteiger charge is 2.21. The first-order valence-electron chi connectivity index (χ1n) is 8.20. The molecule has 0 radical (unpaired) electrons. The monoisotopic (exact) mass is 290 g/mol.